The van der Waals surface area contributed by atoms with Crippen molar-refractivity contribution in [1.82, 2.24) is 9.62 Å². The number of nitrogens with zero attached hydrogens (tertiary/aromatic N) is 2. The second-order valence-electron chi connectivity index (χ2n) is 7.79. The third-order valence-electron chi connectivity index (χ3n) is 5.62. The molecule has 0 fully saturated rings. The van der Waals surface area contributed by atoms with Gasteiger partial charge in [-0.15, -0.1) is 0 Å². The Morgan fingerprint density at radius 3 is 2.59 bits per heavy atom. The number of rotatable bonds is 12. The standard InChI is InChI=1S/C24H33N3O4S/c1-3-27(4-2)32(29,30)22-11-12-23-21(17-22)13-15-26(23)18-24(28)25-14-8-16-31-19-20-9-6-5-7-10-20/h5-7,9-12,17H,3-4,8,13-16,18-19H2,1-2H3,(H,25,28). The molecule has 2 aromatic carbocycles. The molecule has 0 atom stereocenters. The number of benzene rings is 2. The lowest BCUT2D eigenvalue weighted by Gasteiger charge is -2.21. The van der Waals surface area contributed by atoms with Crippen LogP contribution in [0.1, 0.15) is 31.4 Å². The molecule has 174 valence electrons. The van der Waals surface area contributed by atoms with Crippen molar-refractivity contribution in [2.75, 3.05) is 44.2 Å². The molecule has 2 aromatic rings. The summed E-state index contributed by atoms with van der Waals surface area (Å²) in [5.41, 5.74) is 3.04. The maximum absolute atomic E-state index is 12.8. The van der Waals surface area contributed by atoms with Gasteiger partial charge < -0.3 is 15.0 Å². The molecule has 0 saturated carbocycles. The zero-order chi connectivity index (χ0) is 23.0. The number of ether oxygens (including phenoxy) is 1. The number of hydrogen-bond acceptors (Lipinski definition) is 5. The zero-order valence-electron chi connectivity index (χ0n) is 18.9. The van der Waals surface area contributed by atoms with Gasteiger partial charge in [0.25, 0.3) is 0 Å². The summed E-state index contributed by atoms with van der Waals surface area (Å²) in [4.78, 5) is 14.7. The van der Waals surface area contributed by atoms with E-state index in [1.165, 1.54) is 4.31 Å². The number of nitrogens with one attached hydrogen (secondary N) is 1. The minimum absolute atomic E-state index is 0.0410. The lowest BCUT2D eigenvalue weighted by Crippen LogP contribution is -2.37. The van der Waals surface area contributed by atoms with E-state index in [1.807, 2.05) is 55.1 Å². The first-order chi connectivity index (χ1) is 15.5. The quantitative estimate of drug-likeness (QED) is 0.494. The average Bonchev–Trinajstić information content (AvgIpc) is 3.19. The number of carbonyl (C=O) groups excluding carboxylic acids is 1. The minimum atomic E-state index is -3.48. The maximum atomic E-state index is 12.8. The molecular weight excluding hydrogens is 426 g/mol. The van der Waals surface area contributed by atoms with Gasteiger partial charge in [0.15, 0.2) is 0 Å². The molecule has 1 aliphatic rings. The lowest BCUT2D eigenvalue weighted by molar-refractivity contribution is -0.119. The molecule has 0 aliphatic carbocycles. The molecule has 0 radical (unpaired) electrons. The van der Waals surface area contributed by atoms with E-state index in [4.69, 9.17) is 4.74 Å². The highest BCUT2D eigenvalue weighted by molar-refractivity contribution is 7.89. The van der Waals surface area contributed by atoms with Crippen molar-refractivity contribution in [3.05, 3.63) is 59.7 Å². The van der Waals surface area contributed by atoms with Gasteiger partial charge >= 0.3 is 0 Å². The third kappa shape index (κ3) is 6.09. The van der Waals surface area contributed by atoms with Gasteiger partial charge in [0.2, 0.25) is 15.9 Å². The number of anilines is 1. The van der Waals surface area contributed by atoms with Gasteiger partial charge in [-0.05, 0) is 42.2 Å². The number of sulfonamides is 1. The first kappa shape index (κ1) is 24.2. The summed E-state index contributed by atoms with van der Waals surface area (Å²) >= 11 is 0. The van der Waals surface area contributed by atoms with Crippen molar-refractivity contribution >= 4 is 21.6 Å². The number of amides is 1. The molecule has 0 aromatic heterocycles. The van der Waals surface area contributed by atoms with E-state index in [0.29, 0.717) is 44.3 Å². The van der Waals surface area contributed by atoms with Crippen LogP contribution in [-0.4, -0.2) is 58.0 Å². The fourth-order valence-corrected chi connectivity index (χ4v) is 5.39. The van der Waals surface area contributed by atoms with Crippen LogP contribution in [0.15, 0.2) is 53.4 Å². The lowest BCUT2D eigenvalue weighted by atomic mass is 10.2. The van der Waals surface area contributed by atoms with Crippen LogP contribution in [0.5, 0.6) is 0 Å². The topological polar surface area (TPSA) is 79.0 Å². The highest BCUT2D eigenvalue weighted by atomic mass is 32.2. The van der Waals surface area contributed by atoms with E-state index < -0.39 is 10.0 Å². The minimum Gasteiger partial charge on any atom is -0.377 e. The third-order valence-corrected chi connectivity index (χ3v) is 7.67. The molecule has 7 nitrogen and oxygen atoms in total. The molecule has 1 aliphatic heterocycles. The molecule has 1 amide bonds. The Kier molecular flexibility index (Phi) is 8.67. The second-order valence-corrected chi connectivity index (χ2v) is 9.73. The van der Waals surface area contributed by atoms with Crippen LogP contribution in [-0.2, 0) is 32.6 Å². The molecule has 0 unspecified atom stereocenters. The molecule has 8 heteroatoms. The monoisotopic (exact) mass is 459 g/mol. The van der Waals surface area contributed by atoms with Gasteiger partial charge in [-0.1, -0.05) is 44.2 Å². The second kappa shape index (κ2) is 11.4. The molecule has 3 rings (SSSR count). The summed E-state index contributed by atoms with van der Waals surface area (Å²) in [6.07, 6.45) is 1.49. The van der Waals surface area contributed by atoms with E-state index in [-0.39, 0.29) is 12.5 Å². The Balaban J connectivity index is 1.44. The average molecular weight is 460 g/mol. The van der Waals surface area contributed by atoms with E-state index in [0.717, 1.165) is 29.7 Å². The number of carbonyl (C=O) groups is 1. The molecule has 1 N–H and O–H groups in total. The SMILES string of the molecule is CCN(CC)S(=O)(=O)c1ccc2c(c1)CCN2CC(=O)NCCCOCc1ccccc1. The Labute approximate surface area is 191 Å². The van der Waals surface area contributed by atoms with Gasteiger partial charge in [0, 0.05) is 38.5 Å². The normalized spacial score (nSPS) is 13.4. The molecule has 0 spiro atoms. The van der Waals surface area contributed by atoms with Crippen molar-refractivity contribution in [2.24, 2.45) is 0 Å². The summed E-state index contributed by atoms with van der Waals surface area (Å²) in [5, 5.41) is 2.94. The van der Waals surface area contributed by atoms with Crippen LogP contribution in [0.4, 0.5) is 5.69 Å². The maximum Gasteiger partial charge on any atom is 0.243 e. The van der Waals surface area contributed by atoms with E-state index in [9.17, 15) is 13.2 Å². The number of fused-ring (bicyclic) bond motifs is 1. The van der Waals surface area contributed by atoms with Crippen molar-refractivity contribution in [3.63, 3.8) is 0 Å². The van der Waals surface area contributed by atoms with E-state index in [1.54, 1.807) is 12.1 Å². The van der Waals surface area contributed by atoms with Gasteiger partial charge in [-0.25, -0.2) is 8.42 Å². The highest BCUT2D eigenvalue weighted by Gasteiger charge is 2.26. The zero-order valence-corrected chi connectivity index (χ0v) is 19.7. The fourth-order valence-electron chi connectivity index (χ4n) is 3.88. The Bertz CT molecular complexity index is 992. The van der Waals surface area contributed by atoms with Crippen LogP contribution in [0, 0.1) is 0 Å². The summed E-state index contributed by atoms with van der Waals surface area (Å²) in [5.74, 6) is -0.0410. The van der Waals surface area contributed by atoms with E-state index in [2.05, 4.69) is 5.32 Å². The molecule has 0 saturated heterocycles. The van der Waals surface area contributed by atoms with Gasteiger partial charge in [0.1, 0.15) is 0 Å². The van der Waals surface area contributed by atoms with Crippen molar-refractivity contribution in [3.8, 4) is 0 Å². The van der Waals surface area contributed by atoms with Crippen LogP contribution in [0.3, 0.4) is 0 Å². The first-order valence-corrected chi connectivity index (χ1v) is 12.7. The molecular formula is C24H33N3O4S. The van der Waals surface area contributed by atoms with Crippen LogP contribution in [0.2, 0.25) is 0 Å². The largest absolute Gasteiger partial charge is 0.377 e. The molecule has 0 bridgehead atoms. The summed E-state index contributed by atoms with van der Waals surface area (Å²) in [6.45, 7) is 7.26. The Hall–Kier alpha value is -2.42. The molecule has 1 heterocycles. The van der Waals surface area contributed by atoms with Crippen molar-refractivity contribution in [1.29, 1.82) is 0 Å². The summed E-state index contributed by atoms with van der Waals surface area (Å²) < 4.78 is 32.6. The Morgan fingerprint density at radius 1 is 1.12 bits per heavy atom. The summed E-state index contributed by atoms with van der Waals surface area (Å²) in [7, 11) is -3.48. The summed E-state index contributed by atoms with van der Waals surface area (Å²) in [6, 6.07) is 15.2. The van der Waals surface area contributed by atoms with Crippen LogP contribution in [0.25, 0.3) is 0 Å². The Morgan fingerprint density at radius 2 is 1.88 bits per heavy atom. The van der Waals surface area contributed by atoms with Crippen LogP contribution < -0.4 is 10.2 Å². The highest BCUT2D eigenvalue weighted by Crippen LogP contribution is 2.30. The molecule has 32 heavy (non-hydrogen) atoms. The van der Waals surface area contributed by atoms with Gasteiger partial charge in [-0.2, -0.15) is 4.31 Å². The fraction of sp³-hybridized carbons (Fsp3) is 0.458. The smallest absolute Gasteiger partial charge is 0.243 e. The van der Waals surface area contributed by atoms with Gasteiger partial charge in [0.05, 0.1) is 18.0 Å². The predicted molar refractivity (Wildman–Crippen MR) is 126 cm³/mol. The van der Waals surface area contributed by atoms with Crippen molar-refractivity contribution < 1.29 is 17.9 Å². The van der Waals surface area contributed by atoms with E-state index >= 15 is 0 Å². The van der Waals surface area contributed by atoms with Gasteiger partial charge in [-0.3, -0.25) is 4.79 Å². The number of hydrogen-bond donors (Lipinski definition) is 1. The van der Waals surface area contributed by atoms with Crippen LogP contribution >= 0.6 is 0 Å². The first-order valence-electron chi connectivity index (χ1n) is 11.2. The predicted octanol–water partition coefficient (Wildman–Crippen LogP) is 2.80. The van der Waals surface area contributed by atoms with Crippen molar-refractivity contribution in [2.45, 2.75) is 38.2 Å².